The van der Waals surface area contributed by atoms with Gasteiger partial charge in [-0.2, -0.15) is 8.42 Å². The molecule has 0 radical (unpaired) electrons. The molecule has 0 saturated carbocycles. The maximum atomic E-state index is 12.5. The molecule has 128 valence electrons. The van der Waals surface area contributed by atoms with Gasteiger partial charge in [0.25, 0.3) is 0 Å². The highest BCUT2D eigenvalue weighted by Gasteiger charge is 2.26. The van der Waals surface area contributed by atoms with Gasteiger partial charge in [0.2, 0.25) is 5.75 Å². The molecule has 0 N–H and O–H groups in total. The fourth-order valence-electron chi connectivity index (χ4n) is 2.27. The third-order valence-corrected chi connectivity index (χ3v) is 5.07. The fraction of sp³-hybridized carbons (Fsp3) is 0.250. The smallest absolute Gasteiger partial charge is 0.339 e. The molecule has 7 nitrogen and oxygen atoms in total. The van der Waals surface area contributed by atoms with Crippen LogP contribution in [0, 0.1) is 30.9 Å². The number of ether oxygens (including phenoxy) is 1. The van der Waals surface area contributed by atoms with E-state index in [0.717, 1.165) is 0 Å². The standard InChI is InChI=1S/C16H17NO6S/c1-10-5-6-15(13(9-10)17(18)19)23-24(20,21)16-8-7-14(22-4)11(2)12(16)3/h5-9H,1-4H3. The van der Waals surface area contributed by atoms with Crippen LogP contribution >= 0.6 is 0 Å². The van der Waals surface area contributed by atoms with E-state index in [1.165, 1.54) is 31.4 Å². The minimum absolute atomic E-state index is 0.0596. The van der Waals surface area contributed by atoms with Gasteiger partial charge in [-0.15, -0.1) is 0 Å². The predicted molar refractivity (Wildman–Crippen MR) is 88.1 cm³/mol. The van der Waals surface area contributed by atoms with E-state index in [1.54, 1.807) is 26.8 Å². The van der Waals surface area contributed by atoms with Crippen LogP contribution in [-0.4, -0.2) is 20.5 Å². The van der Waals surface area contributed by atoms with Crippen molar-refractivity contribution in [2.24, 2.45) is 0 Å². The summed E-state index contributed by atoms with van der Waals surface area (Å²) >= 11 is 0. The van der Waals surface area contributed by atoms with E-state index in [0.29, 0.717) is 22.4 Å². The fourth-order valence-corrected chi connectivity index (χ4v) is 3.50. The van der Waals surface area contributed by atoms with Gasteiger partial charge in [0, 0.05) is 6.07 Å². The molecular formula is C16H17NO6S. The molecule has 0 fully saturated rings. The molecular weight excluding hydrogens is 334 g/mol. The quantitative estimate of drug-likeness (QED) is 0.466. The SMILES string of the molecule is COc1ccc(S(=O)(=O)Oc2ccc(C)cc2[N+](=O)[O-])c(C)c1C. The zero-order chi connectivity index (χ0) is 18.1. The lowest BCUT2D eigenvalue weighted by Gasteiger charge is -2.13. The topological polar surface area (TPSA) is 95.7 Å². The van der Waals surface area contributed by atoms with Crippen molar-refractivity contribution in [1.82, 2.24) is 0 Å². The van der Waals surface area contributed by atoms with Crippen LogP contribution in [0.4, 0.5) is 5.69 Å². The van der Waals surface area contributed by atoms with Crippen LogP contribution in [0.2, 0.25) is 0 Å². The molecule has 0 unspecified atom stereocenters. The number of nitro benzene ring substituents is 1. The number of nitrogens with zero attached hydrogens (tertiary/aromatic N) is 1. The molecule has 0 amide bonds. The zero-order valence-electron chi connectivity index (χ0n) is 13.7. The summed E-state index contributed by atoms with van der Waals surface area (Å²) in [5, 5.41) is 11.1. The molecule has 0 aromatic heterocycles. The van der Waals surface area contributed by atoms with E-state index in [9.17, 15) is 18.5 Å². The Hall–Kier alpha value is -2.61. The summed E-state index contributed by atoms with van der Waals surface area (Å²) in [5.41, 5.74) is 1.34. The lowest BCUT2D eigenvalue weighted by molar-refractivity contribution is -0.385. The van der Waals surface area contributed by atoms with Gasteiger partial charge in [-0.1, -0.05) is 6.07 Å². The Bertz CT molecular complexity index is 905. The lowest BCUT2D eigenvalue weighted by atomic mass is 10.1. The van der Waals surface area contributed by atoms with Crippen molar-refractivity contribution >= 4 is 15.8 Å². The largest absolute Gasteiger partial charge is 0.496 e. The molecule has 0 heterocycles. The first-order chi connectivity index (χ1) is 11.2. The van der Waals surface area contributed by atoms with Crippen LogP contribution in [0.15, 0.2) is 35.2 Å². The summed E-state index contributed by atoms with van der Waals surface area (Å²) in [7, 11) is -2.73. The third-order valence-electron chi connectivity index (χ3n) is 3.69. The van der Waals surface area contributed by atoms with E-state index >= 15 is 0 Å². The molecule has 0 spiro atoms. The van der Waals surface area contributed by atoms with Crippen molar-refractivity contribution in [3.8, 4) is 11.5 Å². The van der Waals surface area contributed by atoms with Crippen molar-refractivity contribution in [2.45, 2.75) is 25.7 Å². The van der Waals surface area contributed by atoms with Crippen molar-refractivity contribution in [1.29, 1.82) is 0 Å². The van der Waals surface area contributed by atoms with Gasteiger partial charge in [0.05, 0.1) is 12.0 Å². The highest BCUT2D eigenvalue weighted by molar-refractivity contribution is 7.87. The molecule has 0 atom stereocenters. The van der Waals surface area contributed by atoms with Crippen LogP contribution in [0.25, 0.3) is 0 Å². The van der Waals surface area contributed by atoms with Crippen molar-refractivity contribution in [3.05, 3.63) is 57.1 Å². The Balaban J connectivity index is 2.51. The first kappa shape index (κ1) is 17.7. The number of hydrogen-bond donors (Lipinski definition) is 0. The van der Waals surface area contributed by atoms with E-state index in [4.69, 9.17) is 8.92 Å². The third kappa shape index (κ3) is 3.33. The monoisotopic (exact) mass is 351 g/mol. The summed E-state index contributed by atoms with van der Waals surface area (Å²) in [5.74, 6) is 0.228. The van der Waals surface area contributed by atoms with Gasteiger partial charge in [0.15, 0.2) is 0 Å². The highest BCUT2D eigenvalue weighted by atomic mass is 32.2. The van der Waals surface area contributed by atoms with E-state index < -0.39 is 20.7 Å². The lowest BCUT2D eigenvalue weighted by Crippen LogP contribution is -2.13. The first-order valence-electron chi connectivity index (χ1n) is 7.01. The van der Waals surface area contributed by atoms with Crippen LogP contribution in [0.3, 0.4) is 0 Å². The molecule has 0 aliphatic rings. The van der Waals surface area contributed by atoms with E-state index in [-0.39, 0.29) is 10.6 Å². The Labute approximate surface area is 140 Å². The van der Waals surface area contributed by atoms with Crippen molar-refractivity contribution in [3.63, 3.8) is 0 Å². The van der Waals surface area contributed by atoms with Crippen LogP contribution in [-0.2, 0) is 10.1 Å². The number of rotatable bonds is 5. The van der Waals surface area contributed by atoms with Crippen molar-refractivity contribution < 1.29 is 22.3 Å². The molecule has 0 bridgehead atoms. The average molecular weight is 351 g/mol. The zero-order valence-corrected chi connectivity index (χ0v) is 14.5. The van der Waals surface area contributed by atoms with Gasteiger partial charge in [-0.25, -0.2) is 0 Å². The molecule has 8 heteroatoms. The van der Waals surface area contributed by atoms with E-state index in [1.807, 2.05) is 0 Å². The molecule has 2 rings (SSSR count). The Morgan fingerprint density at radius 3 is 2.21 bits per heavy atom. The van der Waals surface area contributed by atoms with Crippen LogP contribution in [0.1, 0.15) is 16.7 Å². The van der Waals surface area contributed by atoms with Gasteiger partial charge in [-0.05, 0) is 55.7 Å². The van der Waals surface area contributed by atoms with Crippen LogP contribution < -0.4 is 8.92 Å². The maximum Gasteiger partial charge on any atom is 0.339 e. The second-order valence-electron chi connectivity index (χ2n) is 5.28. The number of aryl methyl sites for hydroxylation is 1. The normalized spacial score (nSPS) is 11.2. The minimum atomic E-state index is -4.22. The van der Waals surface area contributed by atoms with Crippen LogP contribution in [0.5, 0.6) is 11.5 Å². The number of methoxy groups -OCH3 is 1. The van der Waals surface area contributed by atoms with Gasteiger partial charge in [-0.3, -0.25) is 10.1 Å². The summed E-state index contributed by atoms with van der Waals surface area (Å²) in [6, 6.07) is 6.95. The molecule has 24 heavy (non-hydrogen) atoms. The summed E-state index contributed by atoms with van der Waals surface area (Å²) in [4.78, 5) is 10.4. The van der Waals surface area contributed by atoms with Gasteiger partial charge >= 0.3 is 15.8 Å². The van der Waals surface area contributed by atoms with Gasteiger partial charge in [0.1, 0.15) is 10.6 Å². The summed E-state index contributed by atoms with van der Waals surface area (Å²) in [6.45, 7) is 5.02. The Morgan fingerprint density at radius 2 is 1.62 bits per heavy atom. The molecule has 2 aromatic carbocycles. The Morgan fingerprint density at radius 1 is 1.00 bits per heavy atom. The molecule has 0 aliphatic heterocycles. The molecule has 0 aliphatic carbocycles. The number of hydrogen-bond acceptors (Lipinski definition) is 6. The van der Waals surface area contributed by atoms with Crippen molar-refractivity contribution in [2.75, 3.05) is 7.11 Å². The summed E-state index contributed by atoms with van der Waals surface area (Å²) in [6.07, 6.45) is 0. The average Bonchev–Trinajstić information content (AvgIpc) is 2.51. The molecule has 2 aromatic rings. The number of benzene rings is 2. The number of nitro groups is 1. The maximum absolute atomic E-state index is 12.5. The summed E-state index contributed by atoms with van der Waals surface area (Å²) < 4.78 is 35.3. The molecule has 0 saturated heterocycles. The minimum Gasteiger partial charge on any atom is -0.496 e. The van der Waals surface area contributed by atoms with Gasteiger partial charge < -0.3 is 8.92 Å². The van der Waals surface area contributed by atoms with E-state index in [2.05, 4.69) is 0 Å². The predicted octanol–water partition coefficient (Wildman–Crippen LogP) is 3.30. The first-order valence-corrected chi connectivity index (χ1v) is 8.42. The highest BCUT2D eigenvalue weighted by Crippen LogP contribution is 2.33. The second kappa shape index (κ2) is 6.48. The second-order valence-corrected chi connectivity index (χ2v) is 6.80. The Kier molecular flexibility index (Phi) is 4.79.